The quantitative estimate of drug-likeness (QED) is 0.186. The molecule has 0 aliphatic heterocycles. The fraction of sp³-hybridized carbons (Fsp3) is 0.143. The molecule has 0 radical (unpaired) electrons. The molecule has 1 unspecified atom stereocenters. The van der Waals surface area contributed by atoms with Crippen molar-refractivity contribution in [3.05, 3.63) is 144 Å². The largest absolute Gasteiger partial charge is 0.264 e. The SMILES string of the molecule is CCC(C)c1ccc2c(-c3ccc(-c4ccccn4)cc3C)c3ccccc3c(-c3ccc(-c4cncc(C)c4)cc3)c2c1. The van der Waals surface area contributed by atoms with E-state index in [0.29, 0.717) is 5.92 Å². The Bertz CT molecular complexity index is 2130. The zero-order valence-electron chi connectivity index (χ0n) is 25.8. The molecule has 7 rings (SSSR count). The number of aromatic nitrogens is 2. The average molecular weight is 569 g/mol. The van der Waals surface area contributed by atoms with E-state index in [1.165, 1.54) is 66.1 Å². The molecule has 0 spiro atoms. The Morgan fingerprint density at radius 2 is 1.30 bits per heavy atom. The summed E-state index contributed by atoms with van der Waals surface area (Å²) in [6.07, 6.45) is 6.81. The van der Waals surface area contributed by atoms with E-state index in [4.69, 9.17) is 0 Å². The number of hydrogen-bond acceptors (Lipinski definition) is 2. The van der Waals surface area contributed by atoms with E-state index in [1.54, 1.807) is 0 Å². The summed E-state index contributed by atoms with van der Waals surface area (Å²) < 4.78 is 0. The first kappa shape index (κ1) is 27.7. The highest BCUT2D eigenvalue weighted by molar-refractivity contribution is 6.21. The van der Waals surface area contributed by atoms with Crippen molar-refractivity contribution >= 4 is 21.5 Å². The molecule has 2 aromatic heterocycles. The van der Waals surface area contributed by atoms with Crippen LogP contribution < -0.4 is 0 Å². The van der Waals surface area contributed by atoms with Crippen LogP contribution in [0.5, 0.6) is 0 Å². The molecule has 0 aliphatic carbocycles. The highest BCUT2D eigenvalue weighted by Gasteiger charge is 2.19. The third kappa shape index (κ3) is 4.97. The van der Waals surface area contributed by atoms with Gasteiger partial charge in [0.15, 0.2) is 0 Å². The number of hydrogen-bond donors (Lipinski definition) is 0. The van der Waals surface area contributed by atoms with Gasteiger partial charge in [0.1, 0.15) is 0 Å². The summed E-state index contributed by atoms with van der Waals surface area (Å²) >= 11 is 0. The zero-order valence-corrected chi connectivity index (χ0v) is 25.8. The van der Waals surface area contributed by atoms with Crippen LogP contribution in [0, 0.1) is 13.8 Å². The number of pyridine rings is 2. The Morgan fingerprint density at radius 3 is 2.00 bits per heavy atom. The van der Waals surface area contributed by atoms with Gasteiger partial charge in [-0.25, -0.2) is 0 Å². The topological polar surface area (TPSA) is 25.8 Å². The predicted octanol–water partition coefficient (Wildman–Crippen LogP) is 11.6. The number of benzene rings is 5. The molecule has 214 valence electrons. The molecular weight excluding hydrogens is 532 g/mol. The summed E-state index contributed by atoms with van der Waals surface area (Å²) in [5.74, 6) is 0.484. The van der Waals surface area contributed by atoms with Crippen LogP contribution in [0.3, 0.4) is 0 Å². The third-order valence-electron chi connectivity index (χ3n) is 9.07. The molecule has 7 aromatic rings. The summed E-state index contributed by atoms with van der Waals surface area (Å²) in [6.45, 7) is 8.91. The minimum Gasteiger partial charge on any atom is -0.264 e. The van der Waals surface area contributed by atoms with Crippen molar-refractivity contribution in [2.45, 2.75) is 40.0 Å². The van der Waals surface area contributed by atoms with Crippen molar-refractivity contribution in [2.75, 3.05) is 0 Å². The van der Waals surface area contributed by atoms with Gasteiger partial charge in [-0.3, -0.25) is 9.97 Å². The zero-order chi connectivity index (χ0) is 30.2. The van der Waals surface area contributed by atoms with Gasteiger partial charge in [0.2, 0.25) is 0 Å². The van der Waals surface area contributed by atoms with Gasteiger partial charge >= 0.3 is 0 Å². The summed E-state index contributed by atoms with van der Waals surface area (Å²) in [7, 11) is 0. The van der Waals surface area contributed by atoms with Crippen molar-refractivity contribution in [1.29, 1.82) is 0 Å². The monoisotopic (exact) mass is 568 g/mol. The van der Waals surface area contributed by atoms with E-state index < -0.39 is 0 Å². The lowest BCUT2D eigenvalue weighted by Crippen LogP contribution is -1.96. The van der Waals surface area contributed by atoms with Crippen LogP contribution in [0.1, 0.15) is 42.9 Å². The fourth-order valence-corrected chi connectivity index (χ4v) is 6.52. The van der Waals surface area contributed by atoms with Crippen molar-refractivity contribution in [3.8, 4) is 44.6 Å². The maximum Gasteiger partial charge on any atom is 0.0702 e. The van der Waals surface area contributed by atoms with Gasteiger partial charge in [0.25, 0.3) is 0 Å². The normalized spacial score (nSPS) is 12.1. The second-order valence-electron chi connectivity index (χ2n) is 12.0. The molecule has 0 amide bonds. The Labute approximate surface area is 260 Å². The van der Waals surface area contributed by atoms with Crippen LogP contribution in [0.15, 0.2) is 128 Å². The Balaban J connectivity index is 1.48. The van der Waals surface area contributed by atoms with Gasteiger partial charge in [-0.2, -0.15) is 0 Å². The van der Waals surface area contributed by atoms with Crippen LogP contribution in [0.25, 0.3) is 66.2 Å². The molecule has 0 bridgehead atoms. The molecule has 2 nitrogen and oxygen atoms in total. The smallest absolute Gasteiger partial charge is 0.0702 e. The van der Waals surface area contributed by atoms with Crippen LogP contribution >= 0.6 is 0 Å². The Morgan fingerprint density at radius 1 is 0.591 bits per heavy atom. The Kier molecular flexibility index (Phi) is 7.28. The first-order valence-corrected chi connectivity index (χ1v) is 15.5. The van der Waals surface area contributed by atoms with Crippen LogP contribution in [0.4, 0.5) is 0 Å². The van der Waals surface area contributed by atoms with E-state index in [0.717, 1.165) is 23.2 Å². The molecule has 0 saturated carbocycles. The number of fused-ring (bicyclic) bond motifs is 2. The molecular formula is C42H36N2. The standard InChI is InChI=1S/C42H36N2/c1-5-28(3)32-17-20-38-39(24-32)41(31-15-13-30(14-16-31)34-22-27(2)25-43-26-34)36-10-6-7-11-37(36)42(38)35-19-18-33(23-29(35)4)40-12-8-9-21-44-40/h6-26,28H,5H2,1-4H3. The third-order valence-corrected chi connectivity index (χ3v) is 9.07. The van der Waals surface area contributed by atoms with Crippen molar-refractivity contribution in [1.82, 2.24) is 9.97 Å². The van der Waals surface area contributed by atoms with Gasteiger partial charge in [-0.15, -0.1) is 0 Å². The molecule has 2 heteroatoms. The fourth-order valence-electron chi connectivity index (χ4n) is 6.52. The van der Waals surface area contributed by atoms with Crippen LogP contribution in [-0.2, 0) is 0 Å². The summed E-state index contributed by atoms with van der Waals surface area (Å²) in [4.78, 5) is 9.02. The highest BCUT2D eigenvalue weighted by Crippen LogP contribution is 2.46. The first-order valence-electron chi connectivity index (χ1n) is 15.5. The van der Waals surface area contributed by atoms with Gasteiger partial charge in [0, 0.05) is 29.7 Å². The maximum atomic E-state index is 4.60. The second kappa shape index (κ2) is 11.5. The van der Waals surface area contributed by atoms with Gasteiger partial charge in [-0.1, -0.05) is 98.8 Å². The lowest BCUT2D eigenvalue weighted by Gasteiger charge is -2.21. The average Bonchev–Trinajstić information content (AvgIpc) is 3.07. The van der Waals surface area contributed by atoms with E-state index in [9.17, 15) is 0 Å². The Hall–Kier alpha value is -5.08. The van der Waals surface area contributed by atoms with Gasteiger partial charge < -0.3 is 0 Å². The lowest BCUT2D eigenvalue weighted by molar-refractivity contribution is 0.735. The van der Waals surface area contributed by atoms with Crippen molar-refractivity contribution in [3.63, 3.8) is 0 Å². The number of nitrogens with zero attached hydrogens (tertiary/aromatic N) is 2. The van der Waals surface area contributed by atoms with E-state index in [1.807, 2.05) is 30.7 Å². The summed E-state index contributed by atoms with van der Waals surface area (Å²) in [5.41, 5.74) is 13.3. The number of rotatable bonds is 6. The van der Waals surface area contributed by atoms with Crippen molar-refractivity contribution in [2.24, 2.45) is 0 Å². The lowest BCUT2D eigenvalue weighted by atomic mass is 9.83. The van der Waals surface area contributed by atoms with Crippen molar-refractivity contribution < 1.29 is 0 Å². The predicted molar refractivity (Wildman–Crippen MR) is 187 cm³/mol. The minimum atomic E-state index is 0.484. The summed E-state index contributed by atoms with van der Waals surface area (Å²) in [6, 6.07) is 40.1. The molecule has 0 saturated heterocycles. The number of aryl methyl sites for hydroxylation is 2. The molecule has 5 aromatic carbocycles. The maximum absolute atomic E-state index is 4.60. The minimum absolute atomic E-state index is 0.484. The molecule has 1 atom stereocenters. The van der Waals surface area contributed by atoms with Crippen LogP contribution in [0.2, 0.25) is 0 Å². The van der Waals surface area contributed by atoms with E-state index >= 15 is 0 Å². The second-order valence-corrected chi connectivity index (χ2v) is 12.0. The van der Waals surface area contributed by atoms with Crippen LogP contribution in [-0.4, -0.2) is 9.97 Å². The molecule has 0 fully saturated rings. The molecule has 0 N–H and O–H groups in total. The van der Waals surface area contributed by atoms with E-state index in [2.05, 4.69) is 135 Å². The van der Waals surface area contributed by atoms with E-state index in [-0.39, 0.29) is 0 Å². The van der Waals surface area contributed by atoms with Gasteiger partial charge in [-0.05, 0) is 117 Å². The first-order chi connectivity index (χ1) is 21.5. The highest BCUT2D eigenvalue weighted by atomic mass is 14.7. The molecule has 44 heavy (non-hydrogen) atoms. The summed E-state index contributed by atoms with van der Waals surface area (Å²) in [5, 5.41) is 5.13. The van der Waals surface area contributed by atoms with Gasteiger partial charge in [0.05, 0.1) is 5.69 Å². The molecule has 2 heterocycles. The molecule has 0 aliphatic rings.